The maximum absolute atomic E-state index is 12.2. The van der Waals surface area contributed by atoms with E-state index in [0.717, 1.165) is 12.8 Å². The second-order valence-electron chi connectivity index (χ2n) is 10.8. The summed E-state index contributed by atoms with van der Waals surface area (Å²) in [5.74, 6) is 1.30. The highest BCUT2D eigenvalue weighted by Gasteiger charge is 2.35. The van der Waals surface area contributed by atoms with Crippen molar-refractivity contribution in [2.75, 3.05) is 0 Å². The summed E-state index contributed by atoms with van der Waals surface area (Å²) in [7, 11) is 0. The quantitative estimate of drug-likeness (QED) is 0.406. The fraction of sp³-hybridized carbons (Fsp3) is 0.958. The fourth-order valence-corrected chi connectivity index (χ4v) is 3.00. The van der Waals surface area contributed by atoms with Crippen LogP contribution in [-0.4, -0.2) is 11.6 Å². The van der Waals surface area contributed by atoms with E-state index >= 15 is 0 Å². The van der Waals surface area contributed by atoms with E-state index in [-0.39, 0.29) is 11.9 Å². The van der Waals surface area contributed by atoms with Gasteiger partial charge < -0.3 is 4.74 Å². The molecule has 0 aromatic rings. The molecule has 2 unspecified atom stereocenters. The summed E-state index contributed by atoms with van der Waals surface area (Å²) in [6.07, 6.45) is 4.49. The second-order valence-corrected chi connectivity index (χ2v) is 10.8. The van der Waals surface area contributed by atoms with Crippen LogP contribution in [0.1, 0.15) is 116 Å². The summed E-state index contributed by atoms with van der Waals surface area (Å²) in [6, 6.07) is 0. The van der Waals surface area contributed by atoms with E-state index in [2.05, 4.69) is 48.5 Å². The lowest BCUT2D eigenvalue weighted by Crippen LogP contribution is -2.32. The van der Waals surface area contributed by atoms with Gasteiger partial charge in [-0.3, -0.25) is 4.79 Å². The smallest absolute Gasteiger partial charge is 0.309 e. The Balaban J connectivity index is 0. The van der Waals surface area contributed by atoms with Crippen molar-refractivity contribution in [3.8, 4) is 0 Å². The van der Waals surface area contributed by atoms with E-state index in [0.29, 0.717) is 22.7 Å². The van der Waals surface area contributed by atoms with Crippen LogP contribution in [-0.2, 0) is 9.53 Å². The molecule has 0 bridgehead atoms. The summed E-state index contributed by atoms with van der Waals surface area (Å²) in [5.41, 5.74) is 0.192. The molecule has 0 rings (SSSR count). The number of rotatable bonds is 8. The zero-order valence-electron chi connectivity index (χ0n) is 20.4. The second kappa shape index (κ2) is 11.3. The van der Waals surface area contributed by atoms with Crippen molar-refractivity contribution >= 4 is 5.97 Å². The van der Waals surface area contributed by atoms with Crippen molar-refractivity contribution in [1.82, 2.24) is 0 Å². The topological polar surface area (TPSA) is 26.3 Å². The molecule has 0 aliphatic heterocycles. The predicted octanol–water partition coefficient (Wildman–Crippen LogP) is 7.90. The van der Waals surface area contributed by atoms with Gasteiger partial charge in [0, 0.05) is 0 Å². The van der Waals surface area contributed by atoms with Crippen molar-refractivity contribution in [3.63, 3.8) is 0 Å². The molecule has 0 aliphatic rings. The number of hydrogen-bond acceptors (Lipinski definition) is 2. The standard InChI is InChI=1S/C22H44O2.C2H6/c1-16(2)14-18(15-22(10,11)20(4,5)6)13-12-17(3)19(23)24-21(7,8)9;1-2/h16-18H,12-15H2,1-11H3;1-2H3. The van der Waals surface area contributed by atoms with Gasteiger partial charge in [-0.05, 0) is 69.1 Å². The van der Waals surface area contributed by atoms with Crippen LogP contribution in [0.25, 0.3) is 0 Å². The van der Waals surface area contributed by atoms with Gasteiger partial charge in [-0.2, -0.15) is 0 Å². The Labute approximate surface area is 165 Å². The van der Waals surface area contributed by atoms with Gasteiger partial charge in [0.25, 0.3) is 0 Å². The molecular weight excluding hydrogens is 320 g/mol. The molecule has 2 heteroatoms. The van der Waals surface area contributed by atoms with E-state index in [1.165, 1.54) is 12.8 Å². The molecule has 0 N–H and O–H groups in total. The Morgan fingerprint density at radius 1 is 0.846 bits per heavy atom. The van der Waals surface area contributed by atoms with Crippen molar-refractivity contribution in [2.45, 2.75) is 121 Å². The molecule has 0 heterocycles. The summed E-state index contributed by atoms with van der Waals surface area (Å²) >= 11 is 0. The Morgan fingerprint density at radius 3 is 1.65 bits per heavy atom. The van der Waals surface area contributed by atoms with Gasteiger partial charge in [-0.1, -0.05) is 69.2 Å². The minimum absolute atomic E-state index is 0.0170. The molecular formula is C24H50O2. The highest BCUT2D eigenvalue weighted by atomic mass is 16.6. The van der Waals surface area contributed by atoms with Gasteiger partial charge in [0.1, 0.15) is 5.60 Å². The summed E-state index contributed by atoms with van der Waals surface area (Å²) in [4.78, 5) is 12.2. The van der Waals surface area contributed by atoms with E-state index in [1.54, 1.807) is 0 Å². The number of carbonyl (C=O) groups excluding carboxylic acids is 1. The predicted molar refractivity (Wildman–Crippen MR) is 116 cm³/mol. The monoisotopic (exact) mass is 370 g/mol. The molecule has 158 valence electrons. The van der Waals surface area contributed by atoms with Crippen LogP contribution in [0.15, 0.2) is 0 Å². The van der Waals surface area contributed by atoms with Crippen LogP contribution in [0.4, 0.5) is 0 Å². The molecule has 2 atom stereocenters. The first-order valence-corrected chi connectivity index (χ1v) is 10.8. The van der Waals surface area contributed by atoms with Gasteiger partial charge in [-0.25, -0.2) is 0 Å². The van der Waals surface area contributed by atoms with E-state index in [9.17, 15) is 4.79 Å². The largest absolute Gasteiger partial charge is 0.460 e. The molecule has 0 aromatic carbocycles. The molecule has 0 aromatic heterocycles. The van der Waals surface area contributed by atoms with E-state index in [1.807, 2.05) is 41.5 Å². The number of carbonyl (C=O) groups is 1. The van der Waals surface area contributed by atoms with E-state index < -0.39 is 5.60 Å². The first-order valence-electron chi connectivity index (χ1n) is 10.8. The molecule has 0 aliphatic carbocycles. The third-order valence-corrected chi connectivity index (χ3v) is 5.45. The van der Waals surface area contributed by atoms with Crippen LogP contribution in [0.2, 0.25) is 0 Å². The zero-order chi connectivity index (χ0) is 21.3. The molecule has 26 heavy (non-hydrogen) atoms. The van der Waals surface area contributed by atoms with Gasteiger partial charge >= 0.3 is 5.97 Å². The normalized spacial score (nSPS) is 15.2. The van der Waals surface area contributed by atoms with Crippen molar-refractivity contribution < 1.29 is 9.53 Å². The molecule has 0 saturated heterocycles. The summed E-state index contributed by atoms with van der Waals surface area (Å²) in [5, 5.41) is 0. The van der Waals surface area contributed by atoms with Gasteiger partial charge in [-0.15, -0.1) is 0 Å². The maximum Gasteiger partial charge on any atom is 0.309 e. The van der Waals surface area contributed by atoms with Crippen molar-refractivity contribution in [3.05, 3.63) is 0 Å². The highest BCUT2D eigenvalue weighted by molar-refractivity contribution is 5.72. The van der Waals surface area contributed by atoms with Gasteiger partial charge in [0.05, 0.1) is 5.92 Å². The van der Waals surface area contributed by atoms with Crippen LogP contribution >= 0.6 is 0 Å². The lowest BCUT2D eigenvalue weighted by molar-refractivity contribution is -0.159. The van der Waals surface area contributed by atoms with Gasteiger partial charge in [0.15, 0.2) is 0 Å². The van der Waals surface area contributed by atoms with Crippen LogP contribution in [0.3, 0.4) is 0 Å². The third kappa shape index (κ3) is 12.0. The Hall–Kier alpha value is -0.530. The first kappa shape index (κ1) is 27.7. The molecule has 0 amide bonds. The lowest BCUT2D eigenvalue weighted by Gasteiger charge is -2.42. The molecule has 0 fully saturated rings. The van der Waals surface area contributed by atoms with Gasteiger partial charge in [0.2, 0.25) is 0 Å². The maximum atomic E-state index is 12.2. The summed E-state index contributed by atoms with van der Waals surface area (Å²) in [6.45, 7) is 28.2. The van der Waals surface area contributed by atoms with Crippen LogP contribution in [0, 0.1) is 28.6 Å². The van der Waals surface area contributed by atoms with Crippen LogP contribution in [0.5, 0.6) is 0 Å². The number of esters is 1. The molecule has 0 spiro atoms. The average molecular weight is 371 g/mol. The van der Waals surface area contributed by atoms with Crippen molar-refractivity contribution in [1.29, 1.82) is 0 Å². The molecule has 0 saturated carbocycles. The average Bonchev–Trinajstić information content (AvgIpc) is 2.42. The Bertz CT molecular complexity index is 380. The Kier molecular flexibility index (Phi) is 12.1. The molecule has 0 radical (unpaired) electrons. The summed E-state index contributed by atoms with van der Waals surface area (Å²) < 4.78 is 5.53. The minimum atomic E-state index is -0.392. The highest BCUT2D eigenvalue weighted by Crippen LogP contribution is 2.45. The number of hydrogen-bond donors (Lipinski definition) is 0. The molecule has 2 nitrogen and oxygen atoms in total. The third-order valence-electron chi connectivity index (χ3n) is 5.45. The zero-order valence-corrected chi connectivity index (χ0v) is 20.4. The Morgan fingerprint density at radius 2 is 1.31 bits per heavy atom. The lowest BCUT2D eigenvalue weighted by atomic mass is 9.64. The van der Waals surface area contributed by atoms with E-state index in [4.69, 9.17) is 4.74 Å². The van der Waals surface area contributed by atoms with Crippen LogP contribution < -0.4 is 0 Å². The van der Waals surface area contributed by atoms with Crippen molar-refractivity contribution in [2.24, 2.45) is 28.6 Å². The SMILES string of the molecule is CC.CC(C)CC(CCC(C)C(=O)OC(C)(C)C)CC(C)(C)C(C)(C)C. The number of ether oxygens (including phenoxy) is 1. The minimum Gasteiger partial charge on any atom is -0.460 e. The first-order chi connectivity index (χ1) is 11.5. The fourth-order valence-electron chi connectivity index (χ4n) is 3.00.